The summed E-state index contributed by atoms with van der Waals surface area (Å²) in [6.45, 7) is 8.19. The van der Waals surface area contributed by atoms with E-state index >= 15 is 0 Å². The highest BCUT2D eigenvalue weighted by atomic mass is 16.5. The highest BCUT2D eigenvalue weighted by molar-refractivity contribution is 5.87. The summed E-state index contributed by atoms with van der Waals surface area (Å²) >= 11 is 0. The molecule has 0 aliphatic carbocycles. The van der Waals surface area contributed by atoms with Gasteiger partial charge in [0.2, 0.25) is 5.91 Å². The molecule has 3 N–H and O–H groups in total. The van der Waals surface area contributed by atoms with E-state index in [0.717, 1.165) is 34.9 Å². The summed E-state index contributed by atoms with van der Waals surface area (Å²) in [4.78, 5) is 17.5. The fourth-order valence-electron chi connectivity index (χ4n) is 4.75. The van der Waals surface area contributed by atoms with Gasteiger partial charge in [-0.15, -0.1) is 0 Å². The van der Waals surface area contributed by atoms with E-state index in [1.54, 1.807) is 0 Å². The van der Waals surface area contributed by atoms with Crippen molar-refractivity contribution < 1.29 is 9.53 Å². The van der Waals surface area contributed by atoms with Crippen LogP contribution >= 0.6 is 0 Å². The smallest absolute Gasteiger partial charge is 0.223 e. The Kier molecular flexibility index (Phi) is 6.47. The number of hydrogen-bond acceptors (Lipinski definition) is 4. The van der Waals surface area contributed by atoms with E-state index < -0.39 is 0 Å². The van der Waals surface area contributed by atoms with Crippen molar-refractivity contribution in [2.75, 3.05) is 5.73 Å². The number of nitrogens with zero attached hydrogens (tertiary/aromatic N) is 1. The fourth-order valence-corrected chi connectivity index (χ4v) is 4.75. The number of rotatable bonds is 5. The van der Waals surface area contributed by atoms with E-state index in [1.807, 2.05) is 19.1 Å². The number of amides is 1. The van der Waals surface area contributed by atoms with Gasteiger partial charge in [-0.2, -0.15) is 0 Å². The Balaban J connectivity index is 1.52. The van der Waals surface area contributed by atoms with Crippen LogP contribution in [0.15, 0.2) is 48.5 Å². The molecule has 1 aromatic heterocycles. The third kappa shape index (κ3) is 4.94. The molecule has 5 nitrogen and oxygen atoms in total. The summed E-state index contributed by atoms with van der Waals surface area (Å²) < 4.78 is 5.78. The number of carbonyl (C=O) groups is 1. The van der Waals surface area contributed by atoms with Crippen LogP contribution in [0.25, 0.3) is 22.0 Å². The normalized spacial score (nSPS) is 21.9. The molecule has 0 bridgehead atoms. The van der Waals surface area contributed by atoms with Gasteiger partial charge < -0.3 is 15.8 Å². The molecule has 168 valence electrons. The SMILES string of the molecule is Cc1ccccc1-c1ccc2nc(N)c(CC(C)C(=O)NC3CC(C)OC(C)C3)cc2c1. The molecule has 4 rings (SSSR count). The Morgan fingerprint density at radius 1 is 1.16 bits per heavy atom. The van der Waals surface area contributed by atoms with Gasteiger partial charge in [0.25, 0.3) is 0 Å². The maximum Gasteiger partial charge on any atom is 0.223 e. The molecule has 3 atom stereocenters. The fraction of sp³-hybridized carbons (Fsp3) is 0.407. The van der Waals surface area contributed by atoms with Crippen LogP contribution in [-0.2, 0) is 16.0 Å². The van der Waals surface area contributed by atoms with Crippen molar-refractivity contribution in [2.24, 2.45) is 5.92 Å². The molecule has 32 heavy (non-hydrogen) atoms. The average molecular weight is 432 g/mol. The molecule has 1 amide bonds. The molecule has 1 fully saturated rings. The lowest BCUT2D eigenvalue weighted by molar-refractivity contribution is -0.126. The quantitative estimate of drug-likeness (QED) is 0.593. The molecule has 1 aliphatic rings. The number of nitrogen functional groups attached to an aromatic ring is 1. The predicted octanol–water partition coefficient (Wildman–Crippen LogP) is 5.04. The van der Waals surface area contributed by atoms with Crippen molar-refractivity contribution in [1.29, 1.82) is 0 Å². The number of aryl methyl sites for hydroxylation is 1. The van der Waals surface area contributed by atoms with Crippen molar-refractivity contribution >= 4 is 22.6 Å². The molecule has 3 aromatic rings. The lowest BCUT2D eigenvalue weighted by atomic mass is 9.95. The van der Waals surface area contributed by atoms with Crippen LogP contribution in [0, 0.1) is 12.8 Å². The molecule has 1 aliphatic heterocycles. The van der Waals surface area contributed by atoms with Gasteiger partial charge in [-0.3, -0.25) is 4.79 Å². The van der Waals surface area contributed by atoms with Crippen molar-refractivity contribution in [1.82, 2.24) is 10.3 Å². The number of ether oxygens (including phenoxy) is 1. The minimum absolute atomic E-state index is 0.0597. The number of anilines is 1. The molecule has 5 heteroatoms. The van der Waals surface area contributed by atoms with E-state index in [2.05, 4.69) is 67.5 Å². The van der Waals surface area contributed by atoms with Crippen LogP contribution in [0.3, 0.4) is 0 Å². The maximum absolute atomic E-state index is 12.9. The lowest BCUT2D eigenvalue weighted by Gasteiger charge is -2.33. The summed E-state index contributed by atoms with van der Waals surface area (Å²) in [5, 5.41) is 4.25. The second kappa shape index (κ2) is 9.29. The number of pyridine rings is 1. The molecule has 0 saturated carbocycles. The molecule has 0 spiro atoms. The van der Waals surface area contributed by atoms with Crippen LogP contribution in [-0.4, -0.2) is 29.1 Å². The van der Waals surface area contributed by atoms with Gasteiger partial charge in [-0.25, -0.2) is 4.98 Å². The lowest BCUT2D eigenvalue weighted by Crippen LogP contribution is -2.45. The van der Waals surface area contributed by atoms with Gasteiger partial charge in [-0.05, 0) is 80.5 Å². The van der Waals surface area contributed by atoms with Gasteiger partial charge in [-0.1, -0.05) is 37.3 Å². The number of nitrogens with one attached hydrogen (secondary N) is 1. The van der Waals surface area contributed by atoms with Crippen LogP contribution < -0.4 is 11.1 Å². The number of carbonyl (C=O) groups excluding carboxylic acids is 1. The summed E-state index contributed by atoms with van der Waals surface area (Å²) in [5.74, 6) is 0.364. The standard InChI is InChI=1S/C27H33N3O2/c1-16-7-5-6-8-24(16)20-9-10-25-21(14-20)15-22(26(28)30-25)11-17(2)27(31)29-23-12-18(3)32-19(4)13-23/h5-10,14-15,17-19,23H,11-13H2,1-4H3,(H2,28,30)(H,29,31). The third-order valence-electron chi connectivity index (χ3n) is 6.40. The van der Waals surface area contributed by atoms with Gasteiger partial charge in [0, 0.05) is 17.3 Å². The number of aromatic nitrogens is 1. The van der Waals surface area contributed by atoms with Gasteiger partial charge in [0.05, 0.1) is 17.7 Å². The first-order valence-corrected chi connectivity index (χ1v) is 11.5. The van der Waals surface area contributed by atoms with Crippen molar-refractivity contribution in [2.45, 2.75) is 65.2 Å². The Labute approximate surface area is 190 Å². The number of benzene rings is 2. The zero-order valence-electron chi connectivity index (χ0n) is 19.4. The molecule has 1 saturated heterocycles. The summed E-state index contributed by atoms with van der Waals surface area (Å²) in [6.07, 6.45) is 2.60. The number of fused-ring (bicyclic) bond motifs is 1. The van der Waals surface area contributed by atoms with Crippen LogP contribution in [0.1, 0.15) is 44.7 Å². The first-order valence-electron chi connectivity index (χ1n) is 11.5. The maximum atomic E-state index is 12.9. The first-order chi connectivity index (χ1) is 15.3. The van der Waals surface area contributed by atoms with Gasteiger partial charge >= 0.3 is 0 Å². The largest absolute Gasteiger partial charge is 0.383 e. The Morgan fingerprint density at radius 3 is 2.59 bits per heavy atom. The Morgan fingerprint density at radius 2 is 1.88 bits per heavy atom. The molecule has 2 aromatic carbocycles. The monoisotopic (exact) mass is 431 g/mol. The number of nitrogens with two attached hydrogens (primary N) is 1. The molecule has 3 unspecified atom stereocenters. The summed E-state index contributed by atoms with van der Waals surface area (Å²) in [6, 6.07) is 16.9. The van der Waals surface area contributed by atoms with E-state index in [1.165, 1.54) is 11.1 Å². The number of hydrogen-bond donors (Lipinski definition) is 2. The van der Waals surface area contributed by atoms with E-state index in [4.69, 9.17) is 10.5 Å². The highest BCUT2D eigenvalue weighted by Crippen LogP contribution is 2.29. The third-order valence-corrected chi connectivity index (χ3v) is 6.40. The first kappa shape index (κ1) is 22.3. The summed E-state index contributed by atoms with van der Waals surface area (Å²) in [7, 11) is 0. The second-order valence-electron chi connectivity index (χ2n) is 9.29. The zero-order valence-corrected chi connectivity index (χ0v) is 19.4. The van der Waals surface area contributed by atoms with Gasteiger partial charge in [0.15, 0.2) is 0 Å². The molecule has 2 heterocycles. The van der Waals surface area contributed by atoms with Crippen molar-refractivity contribution in [3.8, 4) is 11.1 Å². The van der Waals surface area contributed by atoms with Crippen LogP contribution in [0.4, 0.5) is 5.82 Å². The molecule has 0 radical (unpaired) electrons. The van der Waals surface area contributed by atoms with Crippen LogP contribution in [0.5, 0.6) is 0 Å². The highest BCUT2D eigenvalue weighted by Gasteiger charge is 2.27. The Bertz CT molecular complexity index is 1120. The zero-order chi connectivity index (χ0) is 22.8. The topological polar surface area (TPSA) is 77.2 Å². The van der Waals surface area contributed by atoms with E-state index in [9.17, 15) is 4.79 Å². The van der Waals surface area contributed by atoms with E-state index in [0.29, 0.717) is 12.2 Å². The molecular weight excluding hydrogens is 398 g/mol. The average Bonchev–Trinajstić information content (AvgIpc) is 2.73. The minimum Gasteiger partial charge on any atom is -0.383 e. The Hall–Kier alpha value is -2.92. The second-order valence-corrected chi connectivity index (χ2v) is 9.29. The predicted molar refractivity (Wildman–Crippen MR) is 130 cm³/mol. The van der Waals surface area contributed by atoms with E-state index in [-0.39, 0.29) is 30.1 Å². The van der Waals surface area contributed by atoms with Crippen LogP contribution in [0.2, 0.25) is 0 Å². The van der Waals surface area contributed by atoms with Crippen molar-refractivity contribution in [3.63, 3.8) is 0 Å². The van der Waals surface area contributed by atoms with Gasteiger partial charge in [0.1, 0.15) is 5.82 Å². The molecular formula is C27H33N3O2. The summed E-state index contributed by atoms with van der Waals surface area (Å²) in [5.41, 5.74) is 11.6. The minimum atomic E-state index is -0.190. The van der Waals surface area contributed by atoms with Crippen molar-refractivity contribution in [3.05, 3.63) is 59.7 Å².